The summed E-state index contributed by atoms with van der Waals surface area (Å²) in [6.45, 7) is 8.83. The van der Waals surface area contributed by atoms with Crippen LogP contribution in [0.25, 0.3) is 11.1 Å². The van der Waals surface area contributed by atoms with Crippen LogP contribution in [0, 0.1) is 0 Å². The Labute approximate surface area is 288 Å². The number of likely N-dealkylation sites (tertiary alicyclic amines) is 1. The fourth-order valence-electron chi connectivity index (χ4n) is 5.75. The van der Waals surface area contributed by atoms with Gasteiger partial charge in [-0.1, -0.05) is 48.0 Å². The monoisotopic (exact) mass is 704 g/mol. The number of piperazine rings is 1. The number of nitrogens with zero attached hydrogens (tertiary/aromatic N) is 3. The van der Waals surface area contributed by atoms with Crippen LogP contribution in [0.3, 0.4) is 0 Å². The Morgan fingerprint density at radius 2 is 1.48 bits per heavy atom. The molecule has 3 aromatic rings. The van der Waals surface area contributed by atoms with Crippen LogP contribution in [0.15, 0.2) is 77.7 Å². The number of piperidine rings is 1. The fraction of sp³-hybridized carbons (Fsp3) is 0.429. The minimum Gasteiger partial charge on any atom is -0.444 e. The Hall–Kier alpha value is -3.45. The molecule has 2 saturated heterocycles. The Kier molecular flexibility index (Phi) is 11.5. The first-order chi connectivity index (χ1) is 22.7. The van der Waals surface area contributed by atoms with Crippen molar-refractivity contribution >= 4 is 35.5 Å². The summed E-state index contributed by atoms with van der Waals surface area (Å²) >= 11 is 7.40. The lowest BCUT2D eigenvalue weighted by molar-refractivity contribution is -0.274. The summed E-state index contributed by atoms with van der Waals surface area (Å²) in [5.74, 6) is -0.313. The van der Waals surface area contributed by atoms with Crippen LogP contribution >= 0.6 is 23.5 Å². The largest absolute Gasteiger partial charge is 0.573 e. The van der Waals surface area contributed by atoms with Gasteiger partial charge in [0, 0.05) is 55.2 Å². The molecule has 48 heavy (non-hydrogen) atoms. The topological polar surface area (TPSA) is 74.4 Å². The summed E-state index contributed by atoms with van der Waals surface area (Å²) in [6.07, 6.45) is -4.02. The van der Waals surface area contributed by atoms with Crippen LogP contribution in [-0.4, -0.2) is 82.9 Å². The van der Waals surface area contributed by atoms with E-state index in [0.717, 1.165) is 16.7 Å². The zero-order chi connectivity index (χ0) is 34.5. The van der Waals surface area contributed by atoms with Crippen LogP contribution < -0.4 is 10.1 Å². The molecular formula is C35H40ClF3N4O4S. The van der Waals surface area contributed by atoms with E-state index in [1.54, 1.807) is 12.1 Å². The van der Waals surface area contributed by atoms with Crippen LogP contribution in [0.2, 0.25) is 5.02 Å². The van der Waals surface area contributed by atoms with Gasteiger partial charge in [-0.25, -0.2) is 9.10 Å². The standard InChI is InChI=1S/C35H40ClF3N4O4S/c1-34(2,3)47-33(45)40-28-16-18-42(19-17-28)32(44)31-23-41(22-24-4-6-25(7-5-24)26-8-10-27(36)11-9-26)20-21-43(31)48-30-14-12-29(13-15-30)46-35(37,38)39/h4-15,28,31H,16-23H2,1-3H3,(H,40,45). The van der Waals surface area contributed by atoms with Gasteiger partial charge in [-0.05, 0) is 98.6 Å². The lowest BCUT2D eigenvalue weighted by atomic mass is 10.0. The van der Waals surface area contributed by atoms with E-state index < -0.39 is 24.1 Å². The lowest BCUT2D eigenvalue weighted by Gasteiger charge is -2.43. The molecule has 0 bridgehead atoms. The molecular weight excluding hydrogens is 665 g/mol. The Morgan fingerprint density at radius 1 is 0.875 bits per heavy atom. The molecule has 1 N–H and O–H groups in total. The Morgan fingerprint density at radius 3 is 2.06 bits per heavy atom. The average Bonchev–Trinajstić information content (AvgIpc) is 3.02. The number of carbonyl (C=O) groups excluding carboxylic acids is 2. The number of carbonyl (C=O) groups is 2. The highest BCUT2D eigenvalue weighted by Gasteiger charge is 2.37. The number of halogens is 4. The minimum absolute atomic E-state index is 0.0157. The molecule has 1 unspecified atom stereocenters. The van der Waals surface area contributed by atoms with Gasteiger partial charge < -0.3 is 19.7 Å². The normalized spacial score (nSPS) is 18.4. The maximum Gasteiger partial charge on any atom is 0.573 e. The van der Waals surface area contributed by atoms with Gasteiger partial charge in [0.05, 0.1) is 0 Å². The number of rotatable bonds is 8. The van der Waals surface area contributed by atoms with Gasteiger partial charge >= 0.3 is 12.5 Å². The molecule has 0 aliphatic carbocycles. The average molecular weight is 705 g/mol. The van der Waals surface area contributed by atoms with E-state index in [-0.39, 0.29) is 17.7 Å². The molecule has 2 aliphatic heterocycles. The molecule has 13 heteroatoms. The number of alkyl halides is 3. The molecule has 0 aromatic heterocycles. The zero-order valence-electron chi connectivity index (χ0n) is 27.1. The predicted octanol–water partition coefficient (Wildman–Crippen LogP) is 7.61. The number of nitrogens with one attached hydrogen (secondary N) is 1. The van der Waals surface area contributed by atoms with Crippen molar-refractivity contribution in [2.75, 3.05) is 32.7 Å². The van der Waals surface area contributed by atoms with Gasteiger partial charge in [0.2, 0.25) is 5.91 Å². The zero-order valence-corrected chi connectivity index (χ0v) is 28.7. The van der Waals surface area contributed by atoms with Crippen molar-refractivity contribution in [1.82, 2.24) is 19.4 Å². The molecule has 0 saturated carbocycles. The lowest BCUT2D eigenvalue weighted by Crippen LogP contribution is -2.58. The number of amides is 2. The third kappa shape index (κ3) is 10.5. The third-order valence-electron chi connectivity index (χ3n) is 8.05. The smallest absolute Gasteiger partial charge is 0.444 e. The molecule has 5 rings (SSSR count). The van der Waals surface area contributed by atoms with Gasteiger partial charge in [0.25, 0.3) is 0 Å². The highest BCUT2D eigenvalue weighted by atomic mass is 35.5. The number of hydrogen-bond acceptors (Lipinski definition) is 7. The van der Waals surface area contributed by atoms with Gasteiger partial charge in [-0.3, -0.25) is 9.69 Å². The van der Waals surface area contributed by atoms with E-state index >= 15 is 0 Å². The number of benzene rings is 3. The summed E-state index contributed by atoms with van der Waals surface area (Å²) in [4.78, 5) is 31.2. The fourth-order valence-corrected chi connectivity index (χ4v) is 6.86. The summed E-state index contributed by atoms with van der Waals surface area (Å²) < 4.78 is 49.5. The molecule has 3 aromatic carbocycles. The first kappa shape index (κ1) is 35.8. The van der Waals surface area contributed by atoms with Crippen LogP contribution in [0.1, 0.15) is 39.2 Å². The highest BCUT2D eigenvalue weighted by molar-refractivity contribution is 7.97. The Balaban J connectivity index is 1.25. The van der Waals surface area contributed by atoms with Gasteiger partial charge in [0.15, 0.2) is 0 Å². The van der Waals surface area contributed by atoms with E-state index in [1.165, 1.54) is 24.1 Å². The van der Waals surface area contributed by atoms with Crippen molar-refractivity contribution in [3.05, 3.63) is 83.4 Å². The van der Waals surface area contributed by atoms with E-state index in [4.69, 9.17) is 16.3 Å². The van der Waals surface area contributed by atoms with E-state index in [2.05, 4.69) is 39.2 Å². The molecule has 0 spiro atoms. The van der Waals surface area contributed by atoms with Gasteiger partial charge in [-0.2, -0.15) is 0 Å². The molecule has 2 amide bonds. The molecule has 2 aliphatic rings. The van der Waals surface area contributed by atoms with Crippen molar-refractivity contribution < 1.29 is 32.2 Å². The molecule has 258 valence electrons. The Bertz CT molecular complexity index is 1530. The molecule has 8 nitrogen and oxygen atoms in total. The van der Waals surface area contributed by atoms with E-state index in [9.17, 15) is 22.8 Å². The summed E-state index contributed by atoms with van der Waals surface area (Å²) in [5.41, 5.74) is 2.68. The number of alkyl carbamates (subject to hydrolysis) is 1. The maximum absolute atomic E-state index is 14.1. The number of hydrogen-bond donors (Lipinski definition) is 1. The van der Waals surface area contributed by atoms with Gasteiger partial charge in [-0.15, -0.1) is 13.2 Å². The van der Waals surface area contributed by atoms with Crippen LogP contribution in [-0.2, 0) is 16.1 Å². The van der Waals surface area contributed by atoms with E-state index in [0.29, 0.717) is 62.0 Å². The summed E-state index contributed by atoms with van der Waals surface area (Å²) in [5, 5.41) is 3.60. The van der Waals surface area contributed by atoms with Crippen molar-refractivity contribution in [2.45, 2.75) is 69.1 Å². The summed E-state index contributed by atoms with van der Waals surface area (Å²) in [6, 6.07) is 21.1. The van der Waals surface area contributed by atoms with Gasteiger partial charge in [0.1, 0.15) is 17.4 Å². The summed E-state index contributed by atoms with van der Waals surface area (Å²) in [7, 11) is 0. The van der Waals surface area contributed by atoms with Crippen molar-refractivity contribution in [1.29, 1.82) is 0 Å². The SMILES string of the molecule is CC(C)(C)OC(=O)NC1CCN(C(=O)C2CN(Cc3ccc(-c4ccc(Cl)cc4)cc3)CCN2Sc2ccc(OC(F)(F)F)cc2)CC1. The molecule has 1 atom stereocenters. The second-order valence-electron chi connectivity index (χ2n) is 13.0. The van der Waals surface area contributed by atoms with Crippen molar-refractivity contribution in [3.8, 4) is 16.9 Å². The molecule has 0 radical (unpaired) electrons. The second kappa shape index (κ2) is 15.4. The van der Waals surface area contributed by atoms with Crippen molar-refractivity contribution in [2.24, 2.45) is 0 Å². The van der Waals surface area contributed by atoms with Crippen molar-refractivity contribution in [3.63, 3.8) is 0 Å². The predicted molar refractivity (Wildman–Crippen MR) is 181 cm³/mol. The van der Waals surface area contributed by atoms with Crippen LogP contribution in [0.4, 0.5) is 18.0 Å². The molecule has 2 fully saturated rings. The minimum atomic E-state index is -4.77. The first-order valence-electron chi connectivity index (χ1n) is 15.9. The number of ether oxygens (including phenoxy) is 2. The first-order valence-corrected chi connectivity index (χ1v) is 17.0. The van der Waals surface area contributed by atoms with E-state index in [1.807, 2.05) is 54.2 Å². The second-order valence-corrected chi connectivity index (χ2v) is 14.5. The quantitative estimate of drug-likeness (QED) is 0.242. The van der Waals surface area contributed by atoms with Crippen LogP contribution in [0.5, 0.6) is 5.75 Å². The third-order valence-corrected chi connectivity index (χ3v) is 9.45. The highest BCUT2D eigenvalue weighted by Crippen LogP contribution is 2.32. The maximum atomic E-state index is 14.1. The molecule has 2 heterocycles.